The van der Waals surface area contributed by atoms with Crippen molar-refractivity contribution >= 4 is 28.9 Å². The predicted molar refractivity (Wildman–Crippen MR) is 184 cm³/mol. The van der Waals surface area contributed by atoms with E-state index in [4.69, 9.17) is 14.2 Å². The first kappa shape index (κ1) is 32.9. The molecule has 0 fully saturated rings. The summed E-state index contributed by atoms with van der Waals surface area (Å²) in [5, 5.41) is 3.60. The molecule has 1 N–H and O–H groups in total. The van der Waals surface area contributed by atoms with Crippen LogP contribution in [0, 0.1) is 5.92 Å². The number of anilines is 3. The number of nitrogens with one attached hydrogen (secondary N) is 1. The molecule has 3 aromatic carbocycles. The number of carbonyl (C=O) groups excluding carboxylic acids is 2. The van der Waals surface area contributed by atoms with Crippen molar-refractivity contribution in [3.63, 3.8) is 0 Å². The van der Waals surface area contributed by atoms with Gasteiger partial charge in [-0.05, 0) is 81.8 Å². The summed E-state index contributed by atoms with van der Waals surface area (Å²) in [6.07, 6.45) is 0.398. The number of ketones is 1. The Labute approximate surface area is 273 Å². The Morgan fingerprint density at radius 2 is 1.61 bits per heavy atom. The van der Waals surface area contributed by atoms with Gasteiger partial charge in [0, 0.05) is 47.1 Å². The lowest BCUT2D eigenvalue weighted by atomic mass is 9.78. The van der Waals surface area contributed by atoms with Gasteiger partial charge in [-0.2, -0.15) is 0 Å². The molecule has 0 saturated heterocycles. The second kappa shape index (κ2) is 13.9. The number of ether oxygens (including phenoxy) is 3. The van der Waals surface area contributed by atoms with E-state index in [2.05, 4.69) is 44.0 Å². The third-order valence-electron chi connectivity index (χ3n) is 8.74. The van der Waals surface area contributed by atoms with E-state index in [0.29, 0.717) is 29.9 Å². The fourth-order valence-electron chi connectivity index (χ4n) is 6.78. The van der Waals surface area contributed by atoms with Crippen molar-refractivity contribution < 1.29 is 23.8 Å². The number of allylic oxidation sites excluding steroid dienone is 1. The minimum Gasteiger partial charge on any atom is -0.497 e. The molecule has 0 saturated carbocycles. The highest BCUT2D eigenvalue weighted by molar-refractivity contribution is 6.05. The third kappa shape index (κ3) is 6.57. The maximum Gasteiger partial charge on any atom is 0.415 e. The first-order chi connectivity index (χ1) is 22.0. The van der Waals surface area contributed by atoms with Crippen LogP contribution in [-0.2, 0) is 9.53 Å². The van der Waals surface area contributed by atoms with Gasteiger partial charge >= 0.3 is 6.09 Å². The van der Waals surface area contributed by atoms with Crippen LogP contribution in [0.15, 0.2) is 78.0 Å². The summed E-state index contributed by atoms with van der Waals surface area (Å²) in [5.74, 6) is 1.46. The molecule has 5 rings (SSSR count). The van der Waals surface area contributed by atoms with Gasteiger partial charge < -0.3 is 24.4 Å². The van der Waals surface area contributed by atoms with Gasteiger partial charge in [0.1, 0.15) is 11.5 Å². The summed E-state index contributed by atoms with van der Waals surface area (Å²) in [7, 11) is 3.28. The fourth-order valence-corrected chi connectivity index (χ4v) is 6.78. The zero-order chi connectivity index (χ0) is 33.1. The molecule has 46 heavy (non-hydrogen) atoms. The van der Waals surface area contributed by atoms with Crippen molar-refractivity contribution in [2.75, 3.05) is 35.9 Å². The summed E-state index contributed by atoms with van der Waals surface area (Å²) in [5.41, 5.74) is 5.53. The van der Waals surface area contributed by atoms with Crippen LogP contribution in [0.1, 0.15) is 77.5 Å². The molecule has 1 amide bonds. The quantitative estimate of drug-likeness (QED) is 0.255. The Kier molecular flexibility index (Phi) is 9.94. The molecule has 8 heteroatoms. The van der Waals surface area contributed by atoms with Crippen LogP contribution in [0.2, 0.25) is 0 Å². The Hall–Kier alpha value is -4.46. The molecule has 1 aliphatic heterocycles. The van der Waals surface area contributed by atoms with Crippen molar-refractivity contribution in [3.8, 4) is 11.5 Å². The van der Waals surface area contributed by atoms with E-state index in [1.807, 2.05) is 74.5 Å². The van der Waals surface area contributed by atoms with Crippen LogP contribution in [0.5, 0.6) is 11.5 Å². The maximum absolute atomic E-state index is 14.5. The van der Waals surface area contributed by atoms with Gasteiger partial charge in [0.05, 0.1) is 38.2 Å². The molecule has 244 valence electrons. The summed E-state index contributed by atoms with van der Waals surface area (Å²) in [6, 6.07) is 21.4. The Balaban J connectivity index is 1.71. The average molecular weight is 626 g/mol. The van der Waals surface area contributed by atoms with Crippen LogP contribution < -0.4 is 24.6 Å². The van der Waals surface area contributed by atoms with Crippen LogP contribution in [0.3, 0.4) is 0 Å². The normalized spacial score (nSPS) is 17.8. The van der Waals surface area contributed by atoms with Crippen molar-refractivity contribution in [1.82, 2.24) is 0 Å². The van der Waals surface area contributed by atoms with E-state index in [1.54, 1.807) is 19.1 Å². The molecule has 2 aliphatic rings. The predicted octanol–water partition coefficient (Wildman–Crippen LogP) is 8.49. The third-order valence-corrected chi connectivity index (χ3v) is 8.74. The monoisotopic (exact) mass is 625 g/mol. The second-order valence-corrected chi connectivity index (χ2v) is 13.1. The SMILES string of the molecule is COc1ccc(C2CC(=O)C3=C(C2)Nc2ccccc2N(C(=O)OCC(C)C)C3c2ccc(N(C(C)C)C(C)C)cc2OC)cc1. The standard InChI is InChI=1S/C38H47N3O5/c1-23(2)22-46-38(43)41-33-12-10-9-11-31(33)39-32-19-27(26-13-16-29(44-7)17-14-26)20-34(42)36(32)37(41)30-18-15-28(21-35(30)45-8)40(24(3)4)25(5)6/h9-18,21,23-25,27,37,39H,19-20,22H2,1-8H3. The molecule has 0 bridgehead atoms. The number of methoxy groups -OCH3 is 2. The number of para-hydroxylation sites is 2. The first-order valence-corrected chi connectivity index (χ1v) is 16.2. The van der Waals surface area contributed by atoms with Gasteiger partial charge in [0.25, 0.3) is 0 Å². The van der Waals surface area contributed by atoms with Crippen molar-refractivity contribution in [2.24, 2.45) is 5.92 Å². The molecule has 8 nitrogen and oxygen atoms in total. The smallest absolute Gasteiger partial charge is 0.415 e. The number of nitrogens with zero attached hydrogens (tertiary/aromatic N) is 2. The van der Waals surface area contributed by atoms with E-state index < -0.39 is 12.1 Å². The number of amides is 1. The topological polar surface area (TPSA) is 80.3 Å². The van der Waals surface area contributed by atoms with Gasteiger partial charge in [-0.25, -0.2) is 4.79 Å². The minimum absolute atomic E-state index is 0.0221. The summed E-state index contributed by atoms with van der Waals surface area (Å²) >= 11 is 0. The van der Waals surface area contributed by atoms with E-state index in [-0.39, 0.29) is 36.3 Å². The van der Waals surface area contributed by atoms with E-state index in [0.717, 1.165) is 33.9 Å². The molecule has 1 aliphatic carbocycles. The summed E-state index contributed by atoms with van der Waals surface area (Å²) in [4.78, 5) is 32.6. The van der Waals surface area contributed by atoms with E-state index >= 15 is 0 Å². The van der Waals surface area contributed by atoms with Crippen molar-refractivity contribution in [1.29, 1.82) is 0 Å². The van der Waals surface area contributed by atoms with Gasteiger partial charge in [-0.3, -0.25) is 9.69 Å². The fraction of sp³-hybridized carbons (Fsp3) is 0.421. The lowest BCUT2D eigenvalue weighted by Crippen LogP contribution is -2.39. The molecule has 2 atom stereocenters. The zero-order valence-corrected chi connectivity index (χ0v) is 28.3. The van der Waals surface area contributed by atoms with Gasteiger partial charge in [-0.15, -0.1) is 0 Å². The average Bonchev–Trinajstić information content (AvgIpc) is 3.18. The zero-order valence-electron chi connectivity index (χ0n) is 28.3. The second-order valence-electron chi connectivity index (χ2n) is 13.1. The van der Waals surface area contributed by atoms with Crippen LogP contribution in [-0.4, -0.2) is 44.8 Å². The lowest BCUT2D eigenvalue weighted by Gasteiger charge is -2.36. The Morgan fingerprint density at radius 3 is 2.24 bits per heavy atom. The molecule has 3 aromatic rings. The van der Waals surface area contributed by atoms with Crippen LogP contribution >= 0.6 is 0 Å². The van der Waals surface area contributed by atoms with Gasteiger partial charge in [0.15, 0.2) is 5.78 Å². The van der Waals surface area contributed by atoms with E-state index in [1.165, 1.54) is 0 Å². The number of fused-ring (bicyclic) bond motifs is 1. The first-order valence-electron chi connectivity index (χ1n) is 16.2. The van der Waals surface area contributed by atoms with Crippen molar-refractivity contribution in [3.05, 3.63) is 89.1 Å². The van der Waals surface area contributed by atoms with E-state index in [9.17, 15) is 9.59 Å². The van der Waals surface area contributed by atoms with Gasteiger partial charge in [-0.1, -0.05) is 44.2 Å². The minimum atomic E-state index is -0.773. The van der Waals surface area contributed by atoms with Crippen LogP contribution in [0.25, 0.3) is 0 Å². The lowest BCUT2D eigenvalue weighted by molar-refractivity contribution is -0.116. The summed E-state index contributed by atoms with van der Waals surface area (Å²) < 4.78 is 17.3. The Morgan fingerprint density at radius 1 is 0.913 bits per heavy atom. The number of rotatable bonds is 9. The molecular weight excluding hydrogens is 578 g/mol. The van der Waals surface area contributed by atoms with Gasteiger partial charge in [0.2, 0.25) is 0 Å². The Bertz CT molecular complexity index is 1590. The largest absolute Gasteiger partial charge is 0.497 e. The van der Waals surface area contributed by atoms with Crippen LogP contribution in [0.4, 0.5) is 21.9 Å². The molecule has 0 spiro atoms. The van der Waals surface area contributed by atoms with Crippen molar-refractivity contribution in [2.45, 2.75) is 78.4 Å². The molecule has 1 heterocycles. The number of benzene rings is 3. The number of hydrogen-bond acceptors (Lipinski definition) is 7. The highest BCUT2D eigenvalue weighted by Crippen LogP contribution is 2.49. The highest BCUT2D eigenvalue weighted by Gasteiger charge is 2.43. The number of Topliss-reactive ketones (excluding diaryl/α,β-unsaturated/α-hetero) is 1. The molecule has 0 radical (unpaired) electrons. The maximum atomic E-state index is 14.5. The molecule has 0 aromatic heterocycles. The highest BCUT2D eigenvalue weighted by atomic mass is 16.6. The molecular formula is C38H47N3O5. The molecule has 2 unspecified atom stereocenters. The number of carbonyl (C=O) groups is 2. The number of hydrogen-bond donors (Lipinski definition) is 1. The summed E-state index contributed by atoms with van der Waals surface area (Å²) in [6.45, 7) is 12.9.